The molecule has 2 atom stereocenters. The van der Waals surface area contributed by atoms with Gasteiger partial charge in [0.1, 0.15) is 0 Å². The molecule has 27 heavy (non-hydrogen) atoms. The van der Waals surface area contributed by atoms with E-state index in [1.165, 1.54) is 10.5 Å². The summed E-state index contributed by atoms with van der Waals surface area (Å²) >= 11 is 0. The molecule has 1 saturated heterocycles. The van der Waals surface area contributed by atoms with E-state index in [9.17, 15) is 14.7 Å². The van der Waals surface area contributed by atoms with Crippen LogP contribution in [0.5, 0.6) is 0 Å². The Hall–Kier alpha value is -2.82. The van der Waals surface area contributed by atoms with E-state index in [4.69, 9.17) is 0 Å². The summed E-state index contributed by atoms with van der Waals surface area (Å²) in [6.45, 7) is 0.629. The SMILES string of the molecule is O=C(N[C@H]1C[C@H](c2ccccc2)C1)[C@@H]1CN(C(=O)O)C[C@H]1c1ccccc1. The fraction of sp³-hybridized carbons (Fsp3) is 0.364. The van der Waals surface area contributed by atoms with Crippen molar-refractivity contribution < 1.29 is 14.7 Å². The van der Waals surface area contributed by atoms with Crippen LogP contribution in [0.15, 0.2) is 60.7 Å². The standard InChI is InChI=1S/C22H24N2O3/c25-21(23-18-11-17(12-18)15-7-3-1-4-8-15)20-14-24(22(26)27)13-19(20)16-9-5-2-6-10-16/h1-10,17-20H,11-14H2,(H,23,25)(H,26,27)/t17-,18-,19-,20+/m0/s1. The van der Waals surface area contributed by atoms with Crippen LogP contribution < -0.4 is 5.32 Å². The third-order valence-corrected chi connectivity index (χ3v) is 5.91. The van der Waals surface area contributed by atoms with E-state index in [1.54, 1.807) is 0 Å². The van der Waals surface area contributed by atoms with E-state index in [0.717, 1.165) is 18.4 Å². The lowest BCUT2D eigenvalue weighted by molar-refractivity contribution is -0.126. The van der Waals surface area contributed by atoms with Gasteiger partial charge in [-0.3, -0.25) is 4.79 Å². The number of amides is 2. The summed E-state index contributed by atoms with van der Waals surface area (Å²) in [6, 6.07) is 20.3. The van der Waals surface area contributed by atoms with Crippen molar-refractivity contribution in [1.29, 1.82) is 0 Å². The molecule has 1 saturated carbocycles. The van der Waals surface area contributed by atoms with E-state index in [0.29, 0.717) is 12.5 Å². The fourth-order valence-electron chi connectivity index (χ4n) is 4.30. The molecular formula is C22H24N2O3. The molecule has 4 rings (SSSR count). The van der Waals surface area contributed by atoms with Crippen LogP contribution in [-0.2, 0) is 4.79 Å². The van der Waals surface area contributed by atoms with Crippen molar-refractivity contribution in [3.8, 4) is 0 Å². The normalized spacial score (nSPS) is 27.0. The summed E-state index contributed by atoms with van der Waals surface area (Å²) < 4.78 is 0. The molecule has 0 radical (unpaired) electrons. The van der Waals surface area contributed by atoms with Gasteiger partial charge in [-0.2, -0.15) is 0 Å². The summed E-state index contributed by atoms with van der Waals surface area (Å²) in [5, 5.41) is 12.5. The number of rotatable bonds is 4. The van der Waals surface area contributed by atoms with Crippen LogP contribution in [-0.4, -0.2) is 41.1 Å². The number of nitrogens with zero attached hydrogens (tertiary/aromatic N) is 1. The highest BCUT2D eigenvalue weighted by Gasteiger charge is 2.42. The topological polar surface area (TPSA) is 69.6 Å². The van der Waals surface area contributed by atoms with Crippen LogP contribution in [0.25, 0.3) is 0 Å². The Bertz CT molecular complexity index is 803. The quantitative estimate of drug-likeness (QED) is 0.873. The van der Waals surface area contributed by atoms with Gasteiger partial charge in [0.2, 0.25) is 5.91 Å². The zero-order chi connectivity index (χ0) is 18.8. The summed E-state index contributed by atoms with van der Waals surface area (Å²) in [5.74, 6) is 0.0520. The van der Waals surface area contributed by atoms with Crippen molar-refractivity contribution >= 4 is 12.0 Å². The Morgan fingerprint density at radius 3 is 2.07 bits per heavy atom. The van der Waals surface area contributed by atoms with Gasteiger partial charge in [0.25, 0.3) is 0 Å². The summed E-state index contributed by atoms with van der Waals surface area (Å²) in [5.41, 5.74) is 2.35. The van der Waals surface area contributed by atoms with Gasteiger partial charge in [-0.05, 0) is 29.9 Å². The van der Waals surface area contributed by atoms with E-state index in [-0.39, 0.29) is 30.3 Å². The van der Waals surface area contributed by atoms with Crippen LogP contribution in [0.4, 0.5) is 4.79 Å². The molecule has 5 heteroatoms. The summed E-state index contributed by atoms with van der Waals surface area (Å²) in [4.78, 5) is 25.7. The Labute approximate surface area is 159 Å². The van der Waals surface area contributed by atoms with Crippen molar-refractivity contribution in [1.82, 2.24) is 10.2 Å². The molecule has 0 unspecified atom stereocenters. The van der Waals surface area contributed by atoms with Crippen LogP contribution in [0, 0.1) is 5.92 Å². The molecular weight excluding hydrogens is 340 g/mol. The van der Waals surface area contributed by atoms with Crippen molar-refractivity contribution in [3.05, 3.63) is 71.8 Å². The first-order valence-electron chi connectivity index (χ1n) is 9.50. The molecule has 2 amide bonds. The molecule has 2 aliphatic rings. The lowest BCUT2D eigenvalue weighted by Gasteiger charge is -2.37. The number of carbonyl (C=O) groups excluding carboxylic acids is 1. The first-order chi connectivity index (χ1) is 13.1. The summed E-state index contributed by atoms with van der Waals surface area (Å²) in [7, 11) is 0. The third kappa shape index (κ3) is 3.68. The van der Waals surface area contributed by atoms with Gasteiger partial charge in [0.05, 0.1) is 5.92 Å². The molecule has 2 N–H and O–H groups in total. The monoisotopic (exact) mass is 364 g/mol. The van der Waals surface area contributed by atoms with Gasteiger partial charge in [-0.25, -0.2) is 4.79 Å². The first kappa shape index (κ1) is 17.6. The van der Waals surface area contributed by atoms with Gasteiger partial charge in [0.15, 0.2) is 0 Å². The third-order valence-electron chi connectivity index (χ3n) is 5.91. The predicted molar refractivity (Wildman–Crippen MR) is 103 cm³/mol. The Morgan fingerprint density at radius 2 is 1.48 bits per heavy atom. The zero-order valence-corrected chi connectivity index (χ0v) is 15.1. The van der Waals surface area contributed by atoms with Gasteiger partial charge < -0.3 is 15.3 Å². The molecule has 5 nitrogen and oxygen atoms in total. The first-order valence-corrected chi connectivity index (χ1v) is 9.50. The molecule has 0 aromatic heterocycles. The number of carbonyl (C=O) groups is 2. The number of hydrogen-bond acceptors (Lipinski definition) is 2. The van der Waals surface area contributed by atoms with Crippen LogP contribution >= 0.6 is 0 Å². The summed E-state index contributed by atoms with van der Waals surface area (Å²) in [6.07, 6.45) is 0.932. The largest absolute Gasteiger partial charge is 0.465 e. The second-order valence-electron chi connectivity index (χ2n) is 7.60. The Kier molecular flexibility index (Phi) is 4.84. The molecule has 1 heterocycles. The van der Waals surface area contributed by atoms with E-state index in [1.807, 2.05) is 48.5 Å². The minimum Gasteiger partial charge on any atom is -0.465 e. The molecule has 1 aliphatic carbocycles. The van der Waals surface area contributed by atoms with E-state index < -0.39 is 6.09 Å². The molecule has 1 aliphatic heterocycles. The van der Waals surface area contributed by atoms with E-state index in [2.05, 4.69) is 17.4 Å². The predicted octanol–water partition coefficient (Wildman–Crippen LogP) is 3.44. The Balaban J connectivity index is 1.40. The van der Waals surface area contributed by atoms with Gasteiger partial charge in [0, 0.05) is 25.0 Å². The van der Waals surface area contributed by atoms with E-state index >= 15 is 0 Å². The minimum absolute atomic E-state index is 0.0240. The molecule has 0 bridgehead atoms. The number of carboxylic acid groups (broad SMARTS) is 1. The smallest absolute Gasteiger partial charge is 0.407 e. The maximum absolute atomic E-state index is 12.9. The second kappa shape index (κ2) is 7.43. The maximum atomic E-state index is 12.9. The molecule has 0 spiro atoms. The van der Waals surface area contributed by atoms with Crippen LogP contribution in [0.2, 0.25) is 0 Å². The molecule has 2 aromatic carbocycles. The number of nitrogens with one attached hydrogen (secondary N) is 1. The molecule has 140 valence electrons. The number of benzene rings is 2. The van der Waals surface area contributed by atoms with Crippen LogP contribution in [0.3, 0.4) is 0 Å². The van der Waals surface area contributed by atoms with Gasteiger partial charge in [-0.15, -0.1) is 0 Å². The van der Waals surface area contributed by atoms with Crippen molar-refractivity contribution in [2.24, 2.45) is 5.92 Å². The average molecular weight is 364 g/mol. The zero-order valence-electron chi connectivity index (χ0n) is 15.1. The second-order valence-corrected chi connectivity index (χ2v) is 7.60. The Morgan fingerprint density at radius 1 is 0.889 bits per heavy atom. The number of likely N-dealkylation sites (tertiary alicyclic amines) is 1. The van der Waals surface area contributed by atoms with Crippen molar-refractivity contribution in [2.45, 2.75) is 30.7 Å². The highest BCUT2D eigenvalue weighted by Crippen LogP contribution is 2.38. The fourth-order valence-corrected chi connectivity index (χ4v) is 4.30. The van der Waals surface area contributed by atoms with Gasteiger partial charge >= 0.3 is 6.09 Å². The molecule has 2 fully saturated rings. The molecule has 2 aromatic rings. The van der Waals surface area contributed by atoms with Crippen molar-refractivity contribution in [2.75, 3.05) is 13.1 Å². The highest BCUT2D eigenvalue weighted by atomic mass is 16.4. The maximum Gasteiger partial charge on any atom is 0.407 e. The van der Waals surface area contributed by atoms with Crippen LogP contribution in [0.1, 0.15) is 35.8 Å². The average Bonchev–Trinajstić information content (AvgIpc) is 3.11. The van der Waals surface area contributed by atoms with Crippen molar-refractivity contribution in [3.63, 3.8) is 0 Å². The highest BCUT2D eigenvalue weighted by molar-refractivity contribution is 5.82. The number of hydrogen-bond donors (Lipinski definition) is 2. The lowest BCUT2D eigenvalue weighted by atomic mass is 9.75. The minimum atomic E-state index is -0.959. The lowest BCUT2D eigenvalue weighted by Crippen LogP contribution is -2.47. The van der Waals surface area contributed by atoms with Gasteiger partial charge in [-0.1, -0.05) is 60.7 Å².